The molecule has 0 spiro atoms. The molecule has 4 heteroatoms. The van der Waals surface area contributed by atoms with Gasteiger partial charge >= 0.3 is 0 Å². The summed E-state index contributed by atoms with van der Waals surface area (Å²) in [5, 5.41) is 15.2. The van der Waals surface area contributed by atoms with E-state index < -0.39 is 6.10 Å². The Bertz CT molecular complexity index is 485. The summed E-state index contributed by atoms with van der Waals surface area (Å²) >= 11 is 1.58. The Kier molecular flexibility index (Phi) is 5.39. The Morgan fingerprint density at radius 1 is 1.26 bits per heavy atom. The number of aliphatic hydroxyl groups is 1. The Morgan fingerprint density at radius 2 is 2.11 bits per heavy atom. The zero-order valence-electron chi connectivity index (χ0n) is 11.0. The largest absolute Gasteiger partial charge is 0.496 e. The van der Waals surface area contributed by atoms with Crippen molar-refractivity contribution < 1.29 is 9.84 Å². The Balaban J connectivity index is 1.75. The lowest BCUT2D eigenvalue weighted by atomic mass is 10.1. The molecule has 1 heterocycles. The summed E-state index contributed by atoms with van der Waals surface area (Å²) in [5.74, 6) is 0.920. The molecule has 0 aliphatic heterocycles. The van der Waals surface area contributed by atoms with Crippen LogP contribution in [-0.2, 0) is 6.42 Å². The minimum atomic E-state index is -0.419. The molecule has 1 unspecified atom stereocenters. The van der Waals surface area contributed by atoms with E-state index in [0.29, 0.717) is 6.54 Å². The molecule has 1 atom stereocenters. The summed E-state index contributed by atoms with van der Waals surface area (Å²) < 4.78 is 5.31. The number of aliphatic hydroxyl groups excluding tert-OH is 1. The van der Waals surface area contributed by atoms with Gasteiger partial charge in [-0.2, -0.15) is 0 Å². The van der Waals surface area contributed by atoms with E-state index in [1.807, 2.05) is 35.7 Å². The third kappa shape index (κ3) is 4.06. The molecule has 0 aliphatic rings. The summed E-state index contributed by atoms with van der Waals surface area (Å²) in [6, 6.07) is 11.9. The first-order valence-electron chi connectivity index (χ1n) is 6.35. The highest BCUT2D eigenvalue weighted by Crippen LogP contribution is 2.19. The lowest BCUT2D eigenvalue weighted by molar-refractivity contribution is 0.179. The van der Waals surface area contributed by atoms with Crippen LogP contribution in [0.25, 0.3) is 0 Å². The molecule has 0 aliphatic carbocycles. The highest BCUT2D eigenvalue weighted by molar-refractivity contribution is 7.10. The second kappa shape index (κ2) is 7.28. The van der Waals surface area contributed by atoms with Crippen LogP contribution in [0.5, 0.6) is 5.75 Å². The molecule has 3 nitrogen and oxygen atoms in total. The fourth-order valence-corrected chi connectivity index (χ4v) is 2.66. The summed E-state index contributed by atoms with van der Waals surface area (Å²) in [6.07, 6.45) is 0.471. The number of ether oxygens (including phenoxy) is 1. The van der Waals surface area contributed by atoms with E-state index in [9.17, 15) is 5.11 Å². The maximum absolute atomic E-state index is 9.93. The predicted molar refractivity (Wildman–Crippen MR) is 78.8 cm³/mol. The first-order chi connectivity index (χ1) is 9.31. The van der Waals surface area contributed by atoms with Gasteiger partial charge in [-0.1, -0.05) is 24.3 Å². The Morgan fingerprint density at radius 3 is 2.84 bits per heavy atom. The van der Waals surface area contributed by atoms with Gasteiger partial charge in [0.25, 0.3) is 0 Å². The minimum Gasteiger partial charge on any atom is -0.496 e. The van der Waals surface area contributed by atoms with Gasteiger partial charge in [0, 0.05) is 11.4 Å². The molecule has 2 N–H and O–H groups in total. The number of hydrogen-bond acceptors (Lipinski definition) is 4. The first kappa shape index (κ1) is 14.1. The third-order valence-corrected chi connectivity index (χ3v) is 3.95. The summed E-state index contributed by atoms with van der Waals surface area (Å²) in [6.45, 7) is 1.40. The van der Waals surface area contributed by atoms with Gasteiger partial charge in [-0.3, -0.25) is 0 Å². The van der Waals surface area contributed by atoms with Crippen molar-refractivity contribution in [3.05, 3.63) is 52.2 Å². The number of para-hydroxylation sites is 1. The van der Waals surface area contributed by atoms with Gasteiger partial charge < -0.3 is 15.2 Å². The van der Waals surface area contributed by atoms with Gasteiger partial charge in [-0.05, 0) is 36.0 Å². The van der Waals surface area contributed by atoms with Crippen LogP contribution in [0.4, 0.5) is 0 Å². The number of rotatable bonds is 7. The quantitative estimate of drug-likeness (QED) is 0.764. The molecule has 0 fully saturated rings. The topological polar surface area (TPSA) is 41.5 Å². The van der Waals surface area contributed by atoms with E-state index in [1.165, 1.54) is 5.56 Å². The molecule has 0 radical (unpaired) electrons. The monoisotopic (exact) mass is 277 g/mol. The maximum Gasteiger partial charge on any atom is 0.122 e. The number of nitrogens with one attached hydrogen (secondary N) is 1. The standard InChI is InChI=1S/C15H19NO2S/c1-18-14-6-3-2-5-12(14)8-9-16-11-13(17)15-7-4-10-19-15/h2-7,10,13,16-17H,8-9,11H2,1H3. The van der Waals surface area contributed by atoms with E-state index in [4.69, 9.17) is 4.74 Å². The fourth-order valence-electron chi connectivity index (χ4n) is 1.95. The van der Waals surface area contributed by atoms with Crippen molar-refractivity contribution in [2.75, 3.05) is 20.2 Å². The van der Waals surface area contributed by atoms with Crippen LogP contribution in [0.2, 0.25) is 0 Å². The van der Waals surface area contributed by atoms with Gasteiger partial charge in [0.05, 0.1) is 7.11 Å². The van der Waals surface area contributed by atoms with Crippen LogP contribution >= 0.6 is 11.3 Å². The predicted octanol–water partition coefficient (Wildman–Crippen LogP) is 2.62. The number of benzene rings is 1. The lowest BCUT2D eigenvalue weighted by Crippen LogP contribution is -2.23. The molecular weight excluding hydrogens is 258 g/mol. The Hall–Kier alpha value is -1.36. The SMILES string of the molecule is COc1ccccc1CCNCC(O)c1cccs1. The smallest absolute Gasteiger partial charge is 0.122 e. The zero-order valence-corrected chi connectivity index (χ0v) is 11.8. The molecular formula is C15H19NO2S. The second-order valence-electron chi connectivity index (χ2n) is 4.30. The highest BCUT2D eigenvalue weighted by atomic mass is 32.1. The highest BCUT2D eigenvalue weighted by Gasteiger charge is 2.07. The lowest BCUT2D eigenvalue weighted by Gasteiger charge is -2.11. The van der Waals surface area contributed by atoms with Crippen LogP contribution in [0.15, 0.2) is 41.8 Å². The normalized spacial score (nSPS) is 12.3. The van der Waals surface area contributed by atoms with Crippen molar-refractivity contribution in [2.45, 2.75) is 12.5 Å². The van der Waals surface area contributed by atoms with Crippen molar-refractivity contribution in [3.8, 4) is 5.75 Å². The molecule has 19 heavy (non-hydrogen) atoms. The molecule has 1 aromatic heterocycles. The van der Waals surface area contributed by atoms with Gasteiger partial charge in [-0.15, -0.1) is 11.3 Å². The number of methoxy groups -OCH3 is 1. The van der Waals surface area contributed by atoms with Crippen molar-refractivity contribution in [1.82, 2.24) is 5.32 Å². The molecule has 1 aromatic carbocycles. The average Bonchev–Trinajstić information content (AvgIpc) is 2.98. The molecule has 2 aromatic rings. The van der Waals surface area contributed by atoms with Crippen LogP contribution in [-0.4, -0.2) is 25.3 Å². The van der Waals surface area contributed by atoms with Crippen LogP contribution < -0.4 is 10.1 Å². The summed E-state index contributed by atoms with van der Waals surface area (Å²) in [4.78, 5) is 1.00. The van der Waals surface area contributed by atoms with Crippen LogP contribution in [0.1, 0.15) is 16.5 Å². The molecule has 0 bridgehead atoms. The van der Waals surface area contributed by atoms with Gasteiger partial charge in [0.1, 0.15) is 11.9 Å². The summed E-state index contributed by atoms with van der Waals surface area (Å²) in [7, 11) is 1.69. The first-order valence-corrected chi connectivity index (χ1v) is 7.23. The van der Waals surface area contributed by atoms with Gasteiger partial charge in [0.2, 0.25) is 0 Å². The minimum absolute atomic E-state index is 0.419. The van der Waals surface area contributed by atoms with Crippen molar-refractivity contribution in [3.63, 3.8) is 0 Å². The zero-order chi connectivity index (χ0) is 13.5. The van der Waals surface area contributed by atoms with Crippen molar-refractivity contribution in [2.24, 2.45) is 0 Å². The van der Waals surface area contributed by atoms with E-state index in [2.05, 4.69) is 11.4 Å². The molecule has 0 amide bonds. The maximum atomic E-state index is 9.93. The number of hydrogen-bond donors (Lipinski definition) is 2. The average molecular weight is 277 g/mol. The molecule has 0 saturated heterocycles. The third-order valence-electron chi connectivity index (χ3n) is 2.97. The van der Waals surface area contributed by atoms with Crippen LogP contribution in [0.3, 0.4) is 0 Å². The van der Waals surface area contributed by atoms with Gasteiger partial charge in [0.15, 0.2) is 0 Å². The number of thiophene rings is 1. The second-order valence-corrected chi connectivity index (χ2v) is 5.28. The summed E-state index contributed by atoms with van der Waals surface area (Å²) in [5.41, 5.74) is 1.18. The van der Waals surface area contributed by atoms with E-state index in [0.717, 1.165) is 23.6 Å². The van der Waals surface area contributed by atoms with Gasteiger partial charge in [-0.25, -0.2) is 0 Å². The fraction of sp³-hybridized carbons (Fsp3) is 0.333. The molecule has 0 saturated carbocycles. The van der Waals surface area contributed by atoms with E-state index in [1.54, 1.807) is 18.4 Å². The van der Waals surface area contributed by atoms with E-state index >= 15 is 0 Å². The molecule has 2 rings (SSSR count). The van der Waals surface area contributed by atoms with E-state index in [-0.39, 0.29) is 0 Å². The van der Waals surface area contributed by atoms with Crippen molar-refractivity contribution in [1.29, 1.82) is 0 Å². The Labute approximate surface area is 117 Å². The molecule has 102 valence electrons. The van der Waals surface area contributed by atoms with Crippen LogP contribution in [0, 0.1) is 0 Å². The van der Waals surface area contributed by atoms with Crippen molar-refractivity contribution >= 4 is 11.3 Å².